The zero-order chi connectivity index (χ0) is 28.5. The molecule has 0 bridgehead atoms. The summed E-state index contributed by atoms with van der Waals surface area (Å²) in [6, 6.07) is -4.25. The third kappa shape index (κ3) is 5.95. The maximum absolute atomic E-state index is 11.3. The summed E-state index contributed by atoms with van der Waals surface area (Å²) in [6.45, 7) is -2.53. The monoisotopic (exact) mass is 559 g/mol. The zero-order valence-corrected chi connectivity index (χ0v) is 20.1. The van der Waals surface area contributed by atoms with E-state index in [-0.39, 0.29) is 0 Å². The molecule has 0 amide bonds. The molecule has 3 rings (SSSR count). The molecule has 0 saturated carbocycles. The maximum Gasteiger partial charge on any atom is 0.306 e. The fraction of sp³-hybridized carbons (Fsp3) is 0.950. The Bertz CT molecular complexity index is 795. The molecule has 18 nitrogen and oxygen atoms in total. The van der Waals surface area contributed by atoms with Crippen LogP contribution in [0.4, 0.5) is 0 Å². The van der Waals surface area contributed by atoms with Crippen LogP contribution in [-0.2, 0) is 28.5 Å². The molecule has 3 fully saturated rings. The third-order valence-corrected chi connectivity index (χ3v) is 7.04. The minimum atomic E-state index is -2.21. The van der Waals surface area contributed by atoms with Crippen molar-refractivity contribution in [3.05, 3.63) is 0 Å². The van der Waals surface area contributed by atoms with Gasteiger partial charge in [-0.2, -0.15) is 0 Å². The number of hydrogen-bond acceptors (Lipinski definition) is 17. The van der Waals surface area contributed by atoms with Crippen LogP contribution in [0.1, 0.15) is 6.42 Å². The zero-order valence-electron chi connectivity index (χ0n) is 20.1. The molecule has 0 aromatic rings. The number of aliphatic hydroxyl groups is 8. The Morgan fingerprint density at radius 1 is 0.763 bits per heavy atom. The molecule has 0 aliphatic carbocycles. The number of aliphatic carboxylic acids is 1. The number of rotatable bonds is 9. The second kappa shape index (κ2) is 12.6. The van der Waals surface area contributed by atoms with Crippen molar-refractivity contribution in [1.82, 2.24) is 0 Å². The molecule has 222 valence electrons. The van der Waals surface area contributed by atoms with Crippen LogP contribution in [-0.4, -0.2) is 163 Å². The average molecular weight is 560 g/mol. The first-order chi connectivity index (χ1) is 17.8. The molecular formula is C20H37N3O15. The molecule has 0 aromatic carbocycles. The number of nitrogens with two attached hydrogens (primary N) is 3. The second-order valence-corrected chi connectivity index (χ2v) is 9.60. The van der Waals surface area contributed by atoms with Crippen molar-refractivity contribution >= 4 is 5.97 Å². The minimum Gasteiger partial charge on any atom is -0.481 e. The van der Waals surface area contributed by atoms with E-state index in [0.29, 0.717) is 0 Å². The number of carboxylic acid groups (broad SMARTS) is 1. The van der Waals surface area contributed by atoms with E-state index in [1.165, 1.54) is 0 Å². The van der Waals surface area contributed by atoms with Gasteiger partial charge in [-0.15, -0.1) is 0 Å². The van der Waals surface area contributed by atoms with E-state index in [4.69, 9.17) is 40.9 Å². The Labute approximate surface area is 216 Å². The number of aliphatic hydroxyl groups excluding tert-OH is 8. The van der Waals surface area contributed by atoms with Crippen molar-refractivity contribution in [2.24, 2.45) is 17.2 Å². The summed E-state index contributed by atoms with van der Waals surface area (Å²) in [5.74, 6) is -1.47. The quantitative estimate of drug-likeness (QED) is 0.125. The van der Waals surface area contributed by atoms with E-state index < -0.39 is 124 Å². The van der Waals surface area contributed by atoms with Gasteiger partial charge in [0.15, 0.2) is 18.9 Å². The number of carbonyl (C=O) groups is 1. The molecule has 0 spiro atoms. The number of hydrogen-bond donors (Lipinski definition) is 12. The third-order valence-electron chi connectivity index (χ3n) is 7.04. The molecule has 18 heteroatoms. The maximum atomic E-state index is 11.3. The van der Waals surface area contributed by atoms with Crippen LogP contribution in [0, 0.1) is 0 Å². The number of ether oxygens (including phenoxy) is 5. The van der Waals surface area contributed by atoms with Crippen molar-refractivity contribution in [1.29, 1.82) is 0 Å². The topological polar surface area (TPSA) is 323 Å². The Balaban J connectivity index is 1.78. The van der Waals surface area contributed by atoms with E-state index in [2.05, 4.69) is 0 Å². The first-order valence-electron chi connectivity index (χ1n) is 11.8. The Hall–Kier alpha value is -1.17. The van der Waals surface area contributed by atoms with E-state index in [9.17, 15) is 50.8 Å². The lowest BCUT2D eigenvalue weighted by Crippen LogP contribution is -2.71. The molecule has 38 heavy (non-hydrogen) atoms. The van der Waals surface area contributed by atoms with E-state index in [0.717, 1.165) is 0 Å². The Morgan fingerprint density at radius 2 is 1.26 bits per heavy atom. The van der Waals surface area contributed by atoms with Crippen LogP contribution in [0.5, 0.6) is 0 Å². The highest BCUT2D eigenvalue weighted by Gasteiger charge is 2.56. The molecule has 15 atom stereocenters. The van der Waals surface area contributed by atoms with Gasteiger partial charge in [0.1, 0.15) is 54.4 Å². The lowest BCUT2D eigenvalue weighted by Gasteiger charge is -2.50. The normalized spacial score (nSPS) is 50.1. The lowest BCUT2D eigenvalue weighted by molar-refractivity contribution is -0.360. The molecular weight excluding hydrogens is 522 g/mol. The predicted molar refractivity (Wildman–Crippen MR) is 118 cm³/mol. The molecule has 0 aromatic heterocycles. The summed E-state index contributed by atoms with van der Waals surface area (Å²) < 4.78 is 27.5. The van der Waals surface area contributed by atoms with Crippen LogP contribution in [0.2, 0.25) is 0 Å². The van der Waals surface area contributed by atoms with Gasteiger partial charge >= 0.3 is 5.97 Å². The van der Waals surface area contributed by atoms with Gasteiger partial charge in [-0.25, -0.2) is 0 Å². The van der Waals surface area contributed by atoms with Gasteiger partial charge in [0, 0.05) is 0 Å². The van der Waals surface area contributed by atoms with Crippen molar-refractivity contribution in [3.8, 4) is 0 Å². The molecule has 0 radical (unpaired) electrons. The summed E-state index contributed by atoms with van der Waals surface area (Å²) >= 11 is 0. The molecule has 2 unspecified atom stereocenters. The lowest BCUT2D eigenvalue weighted by atomic mass is 9.84. The van der Waals surface area contributed by atoms with E-state index in [1.54, 1.807) is 0 Å². The van der Waals surface area contributed by atoms with Gasteiger partial charge in [0.05, 0.1) is 44.4 Å². The van der Waals surface area contributed by atoms with Crippen LogP contribution in [0.3, 0.4) is 0 Å². The summed E-state index contributed by atoms with van der Waals surface area (Å²) in [7, 11) is 0. The van der Waals surface area contributed by atoms with Crippen LogP contribution in [0.25, 0.3) is 0 Å². The summed E-state index contributed by atoms with van der Waals surface area (Å²) in [6.07, 6.45) is -18.3. The highest BCUT2D eigenvalue weighted by Crippen LogP contribution is 2.35. The second-order valence-electron chi connectivity index (χ2n) is 9.60. The van der Waals surface area contributed by atoms with Gasteiger partial charge in [0.25, 0.3) is 0 Å². The van der Waals surface area contributed by atoms with Crippen LogP contribution in [0.15, 0.2) is 0 Å². The summed E-state index contributed by atoms with van der Waals surface area (Å²) in [5, 5.41) is 90.3. The van der Waals surface area contributed by atoms with Gasteiger partial charge < -0.3 is 86.8 Å². The van der Waals surface area contributed by atoms with E-state index >= 15 is 0 Å². The fourth-order valence-corrected chi connectivity index (χ4v) is 4.73. The van der Waals surface area contributed by atoms with Crippen molar-refractivity contribution in [3.63, 3.8) is 0 Å². The largest absolute Gasteiger partial charge is 0.481 e. The first kappa shape index (κ1) is 31.4. The number of carboxylic acids is 1. The summed E-state index contributed by atoms with van der Waals surface area (Å²) in [5.41, 5.74) is 15.4. The van der Waals surface area contributed by atoms with Crippen molar-refractivity contribution in [2.45, 2.75) is 97.8 Å². The summed E-state index contributed by atoms with van der Waals surface area (Å²) in [4.78, 5) is 11.3. The average Bonchev–Trinajstić information content (AvgIpc) is 2.89. The van der Waals surface area contributed by atoms with Gasteiger partial charge in [-0.1, -0.05) is 0 Å². The smallest absolute Gasteiger partial charge is 0.306 e. The van der Waals surface area contributed by atoms with Gasteiger partial charge in [0.2, 0.25) is 0 Å². The SMILES string of the molecule is N[C@H]1[C@@H](OC2[C@@H](CO)O[C@@H](OC3[C@@H](CO)O[C@@H](O)[C@H](N)[C@H]3O)[C@H](N)[C@H]2O)O[C@@](CO)(CC(=O)O)[C@@H](O)[C@@H]1O. The van der Waals surface area contributed by atoms with Crippen molar-refractivity contribution in [2.75, 3.05) is 19.8 Å². The van der Waals surface area contributed by atoms with E-state index in [1.807, 2.05) is 0 Å². The first-order valence-corrected chi connectivity index (χ1v) is 11.8. The van der Waals surface area contributed by atoms with Gasteiger partial charge in [-0.3, -0.25) is 4.79 Å². The molecule has 15 N–H and O–H groups in total. The highest BCUT2D eigenvalue weighted by atomic mass is 16.7. The van der Waals surface area contributed by atoms with Crippen molar-refractivity contribution < 1.29 is 74.4 Å². The Morgan fingerprint density at radius 3 is 1.79 bits per heavy atom. The standard InChI is InChI=1S/C20H37N3O15/c21-8-11(29)14(5(2-24)34-17(8)33)36-18-9(22)12(30)15(6(3-25)35-18)37-19-10(23)13(31)16(32)20(4-26,38-19)1-7(27)28/h5-6,8-19,24-26,29-33H,1-4,21-23H2,(H,27,28)/t5-,6-,8-,9-,10-,11-,12-,13-,14?,15?,16+,17-,18+,19+,20-/m1/s1. The minimum absolute atomic E-state index is 0.695. The van der Waals surface area contributed by atoms with Crippen LogP contribution >= 0.6 is 0 Å². The van der Waals surface area contributed by atoms with Gasteiger partial charge in [-0.05, 0) is 0 Å². The molecule has 3 aliphatic heterocycles. The van der Waals surface area contributed by atoms with Crippen LogP contribution < -0.4 is 17.2 Å². The highest BCUT2D eigenvalue weighted by molar-refractivity contribution is 5.68. The molecule has 3 heterocycles. The molecule has 3 aliphatic rings. The predicted octanol–water partition coefficient (Wildman–Crippen LogP) is -7.83. The fourth-order valence-electron chi connectivity index (χ4n) is 4.73. The Kier molecular flexibility index (Phi) is 10.4. The molecule has 3 saturated heterocycles.